The monoisotopic (exact) mass is 496 g/mol. The summed E-state index contributed by atoms with van der Waals surface area (Å²) in [5.41, 5.74) is 6.70. The lowest BCUT2D eigenvalue weighted by atomic mass is 9.94. The van der Waals surface area contributed by atoms with Crippen LogP contribution in [-0.2, 0) is 16.0 Å². The molecular weight excluding hydrogens is 452 g/mol. The van der Waals surface area contributed by atoms with Crippen molar-refractivity contribution >= 4 is 11.9 Å². The molecule has 0 aliphatic heterocycles. The number of nitrogens with two attached hydrogens (primary N) is 1. The third kappa shape index (κ3) is 13.8. The SMILES string of the molecule is CN=C(N)NC[C@H](CCNC[C@H](C)O)CC[C@H](O)C[C@@H](CCc1ccc(O)c(OC)c1)OC(C)=O. The maximum absolute atomic E-state index is 11.6. The van der Waals surface area contributed by atoms with Gasteiger partial charge in [-0.05, 0) is 69.2 Å². The number of aryl methyl sites for hydroxylation is 1. The van der Waals surface area contributed by atoms with Gasteiger partial charge in [-0.15, -0.1) is 0 Å². The molecule has 10 nitrogen and oxygen atoms in total. The van der Waals surface area contributed by atoms with E-state index in [1.165, 1.54) is 14.0 Å². The van der Waals surface area contributed by atoms with Gasteiger partial charge in [-0.2, -0.15) is 0 Å². The third-order valence-electron chi connectivity index (χ3n) is 5.76. The van der Waals surface area contributed by atoms with Crippen LogP contribution in [0.15, 0.2) is 23.2 Å². The lowest BCUT2D eigenvalue weighted by molar-refractivity contribution is -0.148. The third-order valence-corrected chi connectivity index (χ3v) is 5.76. The molecule has 0 radical (unpaired) electrons. The van der Waals surface area contributed by atoms with Gasteiger partial charge in [0, 0.05) is 33.5 Å². The number of aliphatic hydroxyl groups is 2. The first kappa shape index (κ1) is 30.5. The van der Waals surface area contributed by atoms with E-state index in [0.29, 0.717) is 50.5 Å². The Morgan fingerprint density at radius 3 is 2.54 bits per heavy atom. The maximum Gasteiger partial charge on any atom is 0.302 e. The standard InChI is InChI=1S/C25H44N4O6/c1-17(30)15-28-12-11-20(16-29-25(26)27-3)5-8-21(32)14-22(35-18(2)31)9-6-19-7-10-23(33)24(13-19)34-4/h7,10,13,17,20-22,28,30,32-33H,5-6,8-9,11-12,14-16H2,1-4H3,(H3,26,27,29)/t17-,20-,21-,22+/m0/s1. The number of rotatable bonds is 17. The molecule has 0 bridgehead atoms. The average molecular weight is 497 g/mol. The minimum atomic E-state index is -0.626. The van der Waals surface area contributed by atoms with E-state index in [0.717, 1.165) is 24.9 Å². The minimum absolute atomic E-state index is 0.0697. The second-order valence-electron chi connectivity index (χ2n) is 8.94. The molecule has 7 N–H and O–H groups in total. The van der Waals surface area contributed by atoms with Gasteiger partial charge in [-0.25, -0.2) is 0 Å². The average Bonchev–Trinajstić information content (AvgIpc) is 2.81. The van der Waals surface area contributed by atoms with Gasteiger partial charge in [0.05, 0.1) is 19.3 Å². The van der Waals surface area contributed by atoms with Crippen LogP contribution in [0.5, 0.6) is 11.5 Å². The van der Waals surface area contributed by atoms with Crippen molar-refractivity contribution in [3.63, 3.8) is 0 Å². The van der Waals surface area contributed by atoms with Crippen molar-refractivity contribution in [2.75, 3.05) is 33.8 Å². The number of benzene rings is 1. The number of nitrogens with one attached hydrogen (secondary N) is 2. The highest BCUT2D eigenvalue weighted by Crippen LogP contribution is 2.27. The molecule has 1 rings (SSSR count). The van der Waals surface area contributed by atoms with Gasteiger partial charge in [0.1, 0.15) is 6.10 Å². The van der Waals surface area contributed by atoms with Crippen LogP contribution in [0.4, 0.5) is 0 Å². The van der Waals surface area contributed by atoms with E-state index >= 15 is 0 Å². The summed E-state index contributed by atoms with van der Waals surface area (Å²) < 4.78 is 10.6. The summed E-state index contributed by atoms with van der Waals surface area (Å²) in [7, 11) is 3.11. The molecule has 0 unspecified atom stereocenters. The summed E-state index contributed by atoms with van der Waals surface area (Å²) in [4.78, 5) is 15.5. The quantitative estimate of drug-likeness (QED) is 0.0809. The molecule has 1 aromatic carbocycles. The van der Waals surface area contributed by atoms with Crippen LogP contribution in [0.3, 0.4) is 0 Å². The molecule has 200 valence electrons. The summed E-state index contributed by atoms with van der Waals surface area (Å²) >= 11 is 0. The van der Waals surface area contributed by atoms with Crippen LogP contribution >= 0.6 is 0 Å². The molecule has 1 aromatic rings. The van der Waals surface area contributed by atoms with Crippen LogP contribution in [0.25, 0.3) is 0 Å². The fraction of sp³-hybridized carbons (Fsp3) is 0.680. The summed E-state index contributed by atoms with van der Waals surface area (Å²) in [6.07, 6.45) is 2.19. The normalized spacial score (nSPS) is 15.2. The number of phenols is 1. The first-order valence-corrected chi connectivity index (χ1v) is 12.2. The van der Waals surface area contributed by atoms with Crippen molar-refractivity contribution in [1.29, 1.82) is 0 Å². The molecular formula is C25H44N4O6. The van der Waals surface area contributed by atoms with Gasteiger partial charge in [-0.3, -0.25) is 9.79 Å². The van der Waals surface area contributed by atoms with E-state index in [1.54, 1.807) is 32.2 Å². The predicted octanol–water partition coefficient (Wildman–Crippen LogP) is 1.31. The van der Waals surface area contributed by atoms with Crippen molar-refractivity contribution < 1.29 is 29.6 Å². The molecule has 35 heavy (non-hydrogen) atoms. The van der Waals surface area contributed by atoms with Crippen LogP contribution in [0.1, 0.15) is 51.5 Å². The molecule has 0 heterocycles. The Hall–Kier alpha value is -2.56. The number of carbonyl (C=O) groups excluding carboxylic acids is 1. The number of aromatic hydroxyl groups is 1. The lowest BCUT2D eigenvalue weighted by Crippen LogP contribution is -2.36. The first-order valence-electron chi connectivity index (χ1n) is 12.2. The second-order valence-corrected chi connectivity index (χ2v) is 8.94. The number of phenolic OH excluding ortho intramolecular Hbond substituents is 1. The van der Waals surface area contributed by atoms with E-state index in [-0.39, 0.29) is 17.6 Å². The zero-order valence-electron chi connectivity index (χ0n) is 21.5. The Morgan fingerprint density at radius 1 is 1.17 bits per heavy atom. The number of hydrogen-bond donors (Lipinski definition) is 6. The number of carbonyl (C=O) groups is 1. The smallest absolute Gasteiger partial charge is 0.302 e. The van der Waals surface area contributed by atoms with E-state index in [9.17, 15) is 20.1 Å². The van der Waals surface area contributed by atoms with Gasteiger partial charge in [0.2, 0.25) is 0 Å². The van der Waals surface area contributed by atoms with Crippen LogP contribution in [0, 0.1) is 5.92 Å². The Morgan fingerprint density at radius 2 is 1.91 bits per heavy atom. The molecule has 4 atom stereocenters. The van der Waals surface area contributed by atoms with Gasteiger partial charge in [-0.1, -0.05) is 6.07 Å². The fourth-order valence-electron chi connectivity index (χ4n) is 3.81. The summed E-state index contributed by atoms with van der Waals surface area (Å²) in [5.74, 6) is 0.686. The van der Waals surface area contributed by atoms with Gasteiger partial charge in [0.15, 0.2) is 17.5 Å². The summed E-state index contributed by atoms with van der Waals surface area (Å²) in [6.45, 7) is 4.99. The lowest BCUT2D eigenvalue weighted by Gasteiger charge is -2.23. The van der Waals surface area contributed by atoms with Crippen LogP contribution in [0.2, 0.25) is 0 Å². The number of aliphatic imine (C=N–C) groups is 1. The molecule has 0 aliphatic carbocycles. The molecule has 0 amide bonds. The van der Waals surface area contributed by atoms with Crippen molar-refractivity contribution in [3.05, 3.63) is 23.8 Å². The summed E-state index contributed by atoms with van der Waals surface area (Å²) in [5, 5.41) is 36.2. The molecule has 0 aromatic heterocycles. The number of esters is 1. The number of hydrogen-bond acceptors (Lipinski definition) is 8. The Labute approximate surface area is 208 Å². The zero-order valence-corrected chi connectivity index (χ0v) is 21.5. The van der Waals surface area contributed by atoms with E-state index in [4.69, 9.17) is 15.2 Å². The molecule has 0 aliphatic rings. The topological polar surface area (TPSA) is 159 Å². The van der Waals surface area contributed by atoms with Crippen molar-refractivity contribution in [2.24, 2.45) is 16.6 Å². The van der Waals surface area contributed by atoms with E-state index in [1.807, 2.05) is 0 Å². The molecule has 0 spiro atoms. The van der Waals surface area contributed by atoms with Crippen molar-refractivity contribution in [1.82, 2.24) is 10.6 Å². The number of guanidine groups is 1. The van der Waals surface area contributed by atoms with Crippen LogP contribution in [-0.4, -0.2) is 79.4 Å². The van der Waals surface area contributed by atoms with E-state index in [2.05, 4.69) is 15.6 Å². The Bertz CT molecular complexity index is 774. The zero-order chi connectivity index (χ0) is 26.2. The van der Waals surface area contributed by atoms with E-state index < -0.39 is 18.3 Å². The second kappa shape index (κ2) is 17.0. The number of nitrogens with zero attached hydrogens (tertiary/aromatic N) is 1. The fourth-order valence-corrected chi connectivity index (χ4v) is 3.81. The highest BCUT2D eigenvalue weighted by Gasteiger charge is 2.20. The Kier molecular flexibility index (Phi) is 14.8. The minimum Gasteiger partial charge on any atom is -0.504 e. The molecule has 0 fully saturated rings. The number of ether oxygens (including phenoxy) is 2. The highest BCUT2D eigenvalue weighted by molar-refractivity contribution is 5.77. The highest BCUT2D eigenvalue weighted by atomic mass is 16.5. The largest absolute Gasteiger partial charge is 0.504 e. The Balaban J connectivity index is 2.62. The summed E-state index contributed by atoms with van der Waals surface area (Å²) in [6, 6.07) is 5.13. The number of aliphatic hydroxyl groups excluding tert-OH is 2. The molecule has 0 saturated heterocycles. The first-order chi connectivity index (χ1) is 16.6. The predicted molar refractivity (Wildman–Crippen MR) is 137 cm³/mol. The number of methoxy groups -OCH3 is 1. The van der Waals surface area contributed by atoms with Gasteiger partial charge in [0.25, 0.3) is 0 Å². The van der Waals surface area contributed by atoms with Gasteiger partial charge < -0.3 is 41.2 Å². The molecule has 10 heteroatoms. The van der Waals surface area contributed by atoms with Crippen LogP contribution < -0.4 is 21.1 Å². The molecule has 0 saturated carbocycles. The van der Waals surface area contributed by atoms with Crippen molar-refractivity contribution in [3.8, 4) is 11.5 Å². The maximum atomic E-state index is 11.6. The van der Waals surface area contributed by atoms with Crippen molar-refractivity contribution in [2.45, 2.75) is 70.7 Å². The van der Waals surface area contributed by atoms with Gasteiger partial charge >= 0.3 is 5.97 Å².